The summed E-state index contributed by atoms with van der Waals surface area (Å²) in [5, 5.41) is 0. The van der Waals surface area contributed by atoms with E-state index >= 15 is 0 Å². The average molecular weight is 298 g/mol. The summed E-state index contributed by atoms with van der Waals surface area (Å²) in [6.07, 6.45) is 0. The van der Waals surface area contributed by atoms with Crippen LogP contribution in [-0.2, 0) is 14.9 Å². The molecule has 0 saturated heterocycles. The second kappa shape index (κ2) is 6.31. The van der Waals surface area contributed by atoms with Crippen molar-refractivity contribution < 1.29 is 13.2 Å². The molecule has 0 amide bonds. The molecular formula is C12H18N4O3S. The van der Waals surface area contributed by atoms with E-state index in [0.717, 1.165) is 11.0 Å². The van der Waals surface area contributed by atoms with Crippen LogP contribution in [0.2, 0.25) is 0 Å². The van der Waals surface area contributed by atoms with Gasteiger partial charge in [-0.1, -0.05) is 12.1 Å². The van der Waals surface area contributed by atoms with Crippen LogP contribution in [0.1, 0.15) is 18.8 Å². The van der Waals surface area contributed by atoms with Crippen LogP contribution in [0.25, 0.3) is 11.0 Å². The van der Waals surface area contributed by atoms with Gasteiger partial charge in [-0.15, -0.1) is 0 Å². The van der Waals surface area contributed by atoms with Crippen molar-refractivity contribution in [1.82, 2.24) is 19.4 Å². The van der Waals surface area contributed by atoms with Gasteiger partial charge in [0.2, 0.25) is 0 Å². The molecule has 0 aliphatic rings. The number of rotatable bonds is 7. The molecule has 0 bridgehead atoms. The third kappa shape index (κ3) is 3.76. The fourth-order valence-electron chi connectivity index (χ4n) is 1.79. The van der Waals surface area contributed by atoms with Crippen LogP contribution in [0.15, 0.2) is 24.3 Å². The lowest BCUT2D eigenvalue weighted by molar-refractivity contribution is 0.204. The smallest absolute Gasteiger partial charge is 0.277 e. The van der Waals surface area contributed by atoms with E-state index < -0.39 is 16.3 Å². The molecule has 2 rings (SSSR count). The van der Waals surface area contributed by atoms with E-state index in [1.165, 1.54) is 7.11 Å². The molecule has 0 fully saturated rings. The highest BCUT2D eigenvalue weighted by molar-refractivity contribution is 7.87. The maximum atomic E-state index is 11.8. The van der Waals surface area contributed by atoms with E-state index in [1.807, 2.05) is 24.3 Å². The molecule has 2 aromatic rings. The minimum Gasteiger partial charge on any atom is -0.383 e. The van der Waals surface area contributed by atoms with Gasteiger partial charge in [0.05, 0.1) is 23.7 Å². The van der Waals surface area contributed by atoms with Crippen LogP contribution in [0.5, 0.6) is 0 Å². The summed E-state index contributed by atoms with van der Waals surface area (Å²) < 4.78 is 33.3. The van der Waals surface area contributed by atoms with Crippen molar-refractivity contribution in [2.75, 3.05) is 20.3 Å². The largest absolute Gasteiger partial charge is 0.383 e. The summed E-state index contributed by atoms with van der Waals surface area (Å²) in [6.45, 7) is 2.27. The molecular weight excluding hydrogens is 280 g/mol. The zero-order valence-corrected chi connectivity index (χ0v) is 12.2. The van der Waals surface area contributed by atoms with E-state index in [0.29, 0.717) is 12.4 Å². The Morgan fingerprint density at radius 1 is 1.40 bits per heavy atom. The van der Waals surface area contributed by atoms with Crippen molar-refractivity contribution >= 4 is 21.2 Å². The molecule has 1 unspecified atom stereocenters. The first-order valence-electron chi connectivity index (χ1n) is 6.22. The van der Waals surface area contributed by atoms with E-state index in [9.17, 15) is 8.42 Å². The number of imidazole rings is 1. The molecule has 1 heterocycles. The van der Waals surface area contributed by atoms with Gasteiger partial charge in [0.25, 0.3) is 10.2 Å². The van der Waals surface area contributed by atoms with Crippen LogP contribution in [0.4, 0.5) is 0 Å². The predicted molar refractivity (Wildman–Crippen MR) is 76.4 cm³/mol. The van der Waals surface area contributed by atoms with Gasteiger partial charge in [0.15, 0.2) is 0 Å². The number of hydrogen-bond donors (Lipinski definition) is 3. The number of hydrogen-bond acceptors (Lipinski definition) is 4. The Bertz CT molecular complexity index is 635. The maximum Gasteiger partial charge on any atom is 0.277 e. The van der Waals surface area contributed by atoms with E-state index in [4.69, 9.17) is 4.74 Å². The Hall–Kier alpha value is -1.48. The summed E-state index contributed by atoms with van der Waals surface area (Å²) in [4.78, 5) is 7.45. The van der Waals surface area contributed by atoms with Crippen LogP contribution in [-0.4, -0.2) is 38.6 Å². The first kappa shape index (κ1) is 14.9. The van der Waals surface area contributed by atoms with Gasteiger partial charge in [-0.3, -0.25) is 0 Å². The number of aromatic nitrogens is 2. The molecule has 20 heavy (non-hydrogen) atoms. The minimum absolute atomic E-state index is 0.221. The second-order valence-electron chi connectivity index (χ2n) is 4.37. The molecule has 110 valence electrons. The lowest BCUT2D eigenvalue weighted by Gasteiger charge is -2.12. The zero-order chi connectivity index (χ0) is 14.6. The van der Waals surface area contributed by atoms with Crippen molar-refractivity contribution in [1.29, 1.82) is 0 Å². The molecule has 0 aliphatic heterocycles. The fourth-order valence-corrected chi connectivity index (χ4v) is 2.80. The Kier molecular flexibility index (Phi) is 4.71. The Balaban J connectivity index is 2.05. The number of benzene rings is 1. The quantitative estimate of drug-likeness (QED) is 0.655. The van der Waals surface area contributed by atoms with Crippen LogP contribution in [0.3, 0.4) is 0 Å². The fraction of sp³-hybridized carbons (Fsp3) is 0.417. The molecule has 1 aromatic heterocycles. The molecule has 0 spiro atoms. The highest BCUT2D eigenvalue weighted by Gasteiger charge is 2.17. The topological polar surface area (TPSA) is 96.1 Å². The number of aromatic amines is 1. The molecule has 7 nitrogen and oxygen atoms in total. The van der Waals surface area contributed by atoms with Gasteiger partial charge < -0.3 is 9.72 Å². The normalized spacial score (nSPS) is 13.7. The monoisotopic (exact) mass is 298 g/mol. The number of nitrogens with one attached hydrogen (secondary N) is 3. The molecule has 0 radical (unpaired) electrons. The standard InChI is InChI=1S/C12H18N4O3S/c1-9(16-20(17,18)13-7-8-19-2)12-14-10-5-3-4-6-11(10)15-12/h3-6,9,13,16H,7-8H2,1-2H3,(H,14,15). The number of H-pyrrole nitrogens is 1. The summed E-state index contributed by atoms with van der Waals surface area (Å²) >= 11 is 0. The van der Waals surface area contributed by atoms with Crippen molar-refractivity contribution in [2.24, 2.45) is 0 Å². The lowest BCUT2D eigenvalue weighted by atomic mass is 10.3. The molecule has 1 aromatic carbocycles. The molecule has 0 aliphatic carbocycles. The third-order valence-corrected chi connectivity index (χ3v) is 4.00. The summed E-state index contributed by atoms with van der Waals surface area (Å²) in [5.41, 5.74) is 1.68. The van der Waals surface area contributed by atoms with Gasteiger partial charge in [0, 0.05) is 13.7 Å². The number of methoxy groups -OCH3 is 1. The number of para-hydroxylation sites is 2. The maximum absolute atomic E-state index is 11.8. The summed E-state index contributed by atoms with van der Waals surface area (Å²) in [6, 6.07) is 7.08. The first-order valence-corrected chi connectivity index (χ1v) is 7.70. The Morgan fingerprint density at radius 3 is 2.85 bits per heavy atom. The Morgan fingerprint density at radius 2 is 2.15 bits per heavy atom. The van der Waals surface area contributed by atoms with Crippen LogP contribution < -0.4 is 9.44 Å². The van der Waals surface area contributed by atoms with Gasteiger partial charge >= 0.3 is 0 Å². The van der Waals surface area contributed by atoms with Crippen molar-refractivity contribution in [3.05, 3.63) is 30.1 Å². The van der Waals surface area contributed by atoms with E-state index in [-0.39, 0.29) is 6.54 Å². The summed E-state index contributed by atoms with van der Waals surface area (Å²) in [7, 11) is -2.07. The van der Waals surface area contributed by atoms with Crippen LogP contribution >= 0.6 is 0 Å². The number of nitrogens with zero attached hydrogens (tertiary/aromatic N) is 1. The SMILES string of the molecule is COCCNS(=O)(=O)NC(C)c1nc2ccccc2[nH]1. The van der Waals surface area contributed by atoms with Crippen molar-refractivity contribution in [2.45, 2.75) is 13.0 Å². The molecule has 0 saturated carbocycles. The highest BCUT2D eigenvalue weighted by atomic mass is 32.2. The third-order valence-electron chi connectivity index (χ3n) is 2.75. The molecule has 1 atom stereocenters. The number of ether oxygens (including phenoxy) is 1. The minimum atomic E-state index is -3.58. The van der Waals surface area contributed by atoms with Crippen molar-refractivity contribution in [3.8, 4) is 0 Å². The number of fused-ring (bicyclic) bond motifs is 1. The predicted octanol–water partition coefficient (Wildman–Crippen LogP) is 0.694. The van der Waals surface area contributed by atoms with Gasteiger partial charge in [-0.05, 0) is 19.1 Å². The van der Waals surface area contributed by atoms with Gasteiger partial charge in [-0.2, -0.15) is 17.9 Å². The molecule has 8 heteroatoms. The van der Waals surface area contributed by atoms with Crippen molar-refractivity contribution in [3.63, 3.8) is 0 Å². The summed E-state index contributed by atoms with van der Waals surface area (Å²) in [5.74, 6) is 0.573. The second-order valence-corrected chi connectivity index (χ2v) is 5.90. The van der Waals surface area contributed by atoms with E-state index in [2.05, 4.69) is 19.4 Å². The highest BCUT2D eigenvalue weighted by Crippen LogP contribution is 2.15. The average Bonchev–Trinajstić information content (AvgIpc) is 2.82. The zero-order valence-electron chi connectivity index (χ0n) is 11.4. The first-order chi connectivity index (χ1) is 9.52. The Labute approximate surface area is 117 Å². The van der Waals surface area contributed by atoms with Gasteiger partial charge in [-0.25, -0.2) is 4.98 Å². The van der Waals surface area contributed by atoms with Gasteiger partial charge in [0.1, 0.15) is 5.82 Å². The lowest BCUT2D eigenvalue weighted by Crippen LogP contribution is -2.39. The molecule has 3 N–H and O–H groups in total. The van der Waals surface area contributed by atoms with Crippen LogP contribution in [0, 0.1) is 0 Å². The van der Waals surface area contributed by atoms with E-state index in [1.54, 1.807) is 6.92 Å².